The molecule has 1 aromatic carbocycles. The third kappa shape index (κ3) is 2.07. The van der Waals surface area contributed by atoms with Gasteiger partial charge in [0.1, 0.15) is 5.78 Å². The van der Waals surface area contributed by atoms with E-state index in [-0.39, 0.29) is 23.9 Å². The minimum atomic E-state index is -0.744. The Balaban J connectivity index is 1.91. The van der Waals surface area contributed by atoms with Gasteiger partial charge in [0.2, 0.25) is 0 Å². The Bertz CT molecular complexity index is 1050. The summed E-state index contributed by atoms with van der Waals surface area (Å²) in [6, 6.07) is 11.4. The van der Waals surface area contributed by atoms with E-state index < -0.39 is 5.41 Å². The number of carbonyl (C=O) groups is 1. The van der Waals surface area contributed by atoms with Crippen LogP contribution in [-0.4, -0.2) is 47.1 Å². The van der Waals surface area contributed by atoms with Crippen molar-refractivity contribution in [2.45, 2.75) is 24.2 Å². The third-order valence-corrected chi connectivity index (χ3v) is 6.49. The predicted molar refractivity (Wildman–Crippen MR) is 102 cm³/mol. The van der Waals surface area contributed by atoms with Crippen LogP contribution < -0.4 is 5.56 Å². The van der Waals surface area contributed by atoms with Gasteiger partial charge in [-0.05, 0) is 42.8 Å². The number of hydrogen-bond acceptors (Lipinski definition) is 4. The molecule has 0 radical (unpaired) electrons. The Morgan fingerprint density at radius 1 is 1.22 bits per heavy atom. The van der Waals surface area contributed by atoms with E-state index in [0.717, 1.165) is 41.2 Å². The number of para-hydroxylation sites is 1. The fourth-order valence-electron chi connectivity index (χ4n) is 5.33. The highest BCUT2D eigenvalue weighted by molar-refractivity contribution is 5.99. The molecule has 138 valence electrons. The largest absolute Gasteiger partial charge is 0.392 e. The van der Waals surface area contributed by atoms with Crippen LogP contribution >= 0.6 is 0 Å². The van der Waals surface area contributed by atoms with E-state index in [1.54, 1.807) is 10.6 Å². The number of aliphatic hydroxyl groups is 1. The molecule has 2 aromatic rings. The van der Waals surface area contributed by atoms with Gasteiger partial charge in [-0.25, -0.2) is 0 Å². The van der Waals surface area contributed by atoms with E-state index in [1.165, 1.54) is 0 Å². The zero-order chi connectivity index (χ0) is 18.8. The molecule has 1 aromatic heterocycles. The maximum atomic E-state index is 13.6. The van der Waals surface area contributed by atoms with Gasteiger partial charge in [0, 0.05) is 30.6 Å². The number of Topliss-reactive ketones (excluding diaryl/α,β-unsaturated/α-hetero) is 1. The summed E-state index contributed by atoms with van der Waals surface area (Å²) in [5.74, 6) is 0.0953. The standard InChI is InChI=1S/C22H22N2O3/c1-23-10-9-22-17-4-2-3-5-18(17)24-20(27)7-6-15(21(22)24)16(12-19(22)26)14(13-23)8-11-25/h2-8,16,25H,9-13H2,1H3. The second-order valence-corrected chi connectivity index (χ2v) is 7.86. The van der Waals surface area contributed by atoms with Crippen molar-refractivity contribution in [1.29, 1.82) is 0 Å². The molecule has 2 unspecified atom stereocenters. The Kier molecular flexibility index (Phi) is 3.55. The minimum Gasteiger partial charge on any atom is -0.392 e. The quantitative estimate of drug-likeness (QED) is 0.785. The molecule has 4 heterocycles. The lowest BCUT2D eigenvalue weighted by Gasteiger charge is -2.37. The highest BCUT2D eigenvalue weighted by Crippen LogP contribution is 2.54. The second-order valence-electron chi connectivity index (χ2n) is 7.86. The molecule has 1 N–H and O–H groups in total. The number of ketones is 1. The van der Waals surface area contributed by atoms with Crippen LogP contribution in [0.2, 0.25) is 0 Å². The average molecular weight is 362 g/mol. The van der Waals surface area contributed by atoms with Gasteiger partial charge in [-0.1, -0.05) is 30.3 Å². The molecule has 2 bridgehead atoms. The molecular weight excluding hydrogens is 340 g/mol. The summed E-state index contributed by atoms with van der Waals surface area (Å²) in [5.41, 5.74) is 3.94. The summed E-state index contributed by atoms with van der Waals surface area (Å²) in [5, 5.41) is 9.55. The molecule has 2 atom stereocenters. The van der Waals surface area contributed by atoms with Crippen LogP contribution in [0.1, 0.15) is 35.6 Å². The summed E-state index contributed by atoms with van der Waals surface area (Å²) in [6.07, 6.45) is 2.91. The van der Waals surface area contributed by atoms with Gasteiger partial charge in [0.15, 0.2) is 0 Å². The minimum absolute atomic E-state index is 0.0474. The van der Waals surface area contributed by atoms with E-state index in [0.29, 0.717) is 12.8 Å². The number of benzene rings is 1. The lowest BCUT2D eigenvalue weighted by molar-refractivity contribution is -0.124. The van der Waals surface area contributed by atoms with E-state index in [9.17, 15) is 14.7 Å². The van der Waals surface area contributed by atoms with Gasteiger partial charge >= 0.3 is 0 Å². The van der Waals surface area contributed by atoms with Gasteiger partial charge in [0.05, 0.1) is 17.7 Å². The van der Waals surface area contributed by atoms with Crippen LogP contribution in [0.4, 0.5) is 0 Å². The molecule has 1 fully saturated rings. The van der Waals surface area contributed by atoms with Crippen molar-refractivity contribution in [3.05, 3.63) is 75.2 Å². The van der Waals surface area contributed by atoms with Crippen molar-refractivity contribution in [3.8, 4) is 5.69 Å². The first-order chi connectivity index (χ1) is 13.1. The maximum Gasteiger partial charge on any atom is 0.255 e. The van der Waals surface area contributed by atoms with Crippen molar-refractivity contribution < 1.29 is 9.90 Å². The average Bonchev–Trinajstić information content (AvgIpc) is 3.00. The van der Waals surface area contributed by atoms with Gasteiger partial charge in [-0.2, -0.15) is 0 Å². The number of pyridine rings is 1. The van der Waals surface area contributed by atoms with Crippen LogP contribution in [0.3, 0.4) is 0 Å². The van der Waals surface area contributed by atoms with Crippen molar-refractivity contribution in [3.63, 3.8) is 0 Å². The normalized spacial score (nSPS) is 27.9. The molecule has 27 heavy (non-hydrogen) atoms. The molecule has 1 aliphatic carbocycles. The first-order valence-corrected chi connectivity index (χ1v) is 9.46. The first-order valence-electron chi connectivity index (χ1n) is 9.46. The number of aliphatic hydroxyl groups excluding tert-OH is 1. The molecule has 5 heteroatoms. The first kappa shape index (κ1) is 16.7. The second kappa shape index (κ2) is 5.75. The fraction of sp³-hybridized carbons (Fsp3) is 0.364. The van der Waals surface area contributed by atoms with Crippen LogP contribution in [0.5, 0.6) is 0 Å². The van der Waals surface area contributed by atoms with E-state index in [4.69, 9.17) is 0 Å². The number of rotatable bonds is 1. The lowest BCUT2D eigenvalue weighted by atomic mass is 9.63. The summed E-state index contributed by atoms with van der Waals surface area (Å²) in [6.45, 7) is 1.42. The number of aromatic nitrogens is 1. The van der Waals surface area contributed by atoms with E-state index >= 15 is 0 Å². The van der Waals surface area contributed by atoms with Crippen LogP contribution in [0, 0.1) is 0 Å². The van der Waals surface area contributed by atoms with Gasteiger partial charge in [0.25, 0.3) is 5.56 Å². The molecule has 4 aliphatic rings. The molecule has 6 rings (SSSR count). The van der Waals surface area contributed by atoms with Gasteiger partial charge in [-0.3, -0.25) is 14.2 Å². The Labute approximate surface area is 157 Å². The molecule has 0 saturated carbocycles. The fourth-order valence-corrected chi connectivity index (χ4v) is 5.33. The Morgan fingerprint density at radius 3 is 2.85 bits per heavy atom. The summed E-state index contributed by atoms with van der Waals surface area (Å²) >= 11 is 0. The summed E-state index contributed by atoms with van der Waals surface area (Å²) in [4.78, 5) is 28.7. The number of nitrogens with zero attached hydrogens (tertiary/aromatic N) is 2. The lowest BCUT2D eigenvalue weighted by Crippen LogP contribution is -2.43. The Hall–Kier alpha value is -2.50. The van der Waals surface area contributed by atoms with Gasteiger partial charge < -0.3 is 10.0 Å². The topological polar surface area (TPSA) is 62.5 Å². The number of likely N-dealkylation sites (N-methyl/N-ethyl adjacent to an activating group) is 1. The maximum absolute atomic E-state index is 13.6. The van der Waals surface area contributed by atoms with E-state index in [2.05, 4.69) is 11.9 Å². The highest BCUT2D eigenvalue weighted by atomic mass is 16.2. The summed E-state index contributed by atoms with van der Waals surface area (Å²) < 4.78 is 1.76. The molecular formula is C22H22N2O3. The third-order valence-electron chi connectivity index (χ3n) is 6.49. The van der Waals surface area contributed by atoms with Crippen molar-refractivity contribution >= 4 is 5.78 Å². The van der Waals surface area contributed by atoms with Crippen molar-refractivity contribution in [2.75, 3.05) is 26.7 Å². The monoisotopic (exact) mass is 362 g/mol. The number of hydrogen-bond donors (Lipinski definition) is 1. The van der Waals surface area contributed by atoms with Crippen molar-refractivity contribution in [1.82, 2.24) is 9.47 Å². The molecule has 1 spiro atoms. The summed E-state index contributed by atoms with van der Waals surface area (Å²) in [7, 11) is 2.05. The number of carbonyl (C=O) groups excluding carboxylic acids is 1. The smallest absolute Gasteiger partial charge is 0.255 e. The zero-order valence-corrected chi connectivity index (χ0v) is 15.3. The van der Waals surface area contributed by atoms with Crippen LogP contribution in [0.25, 0.3) is 5.69 Å². The SMILES string of the molecule is CN1CCC23C(=O)CC(C(=CCO)C1)c1ccc(=O)n(c12)-c1ccccc13. The highest BCUT2D eigenvalue weighted by Gasteiger charge is 2.55. The van der Waals surface area contributed by atoms with Crippen LogP contribution in [-0.2, 0) is 10.2 Å². The zero-order valence-electron chi connectivity index (χ0n) is 15.3. The van der Waals surface area contributed by atoms with Crippen LogP contribution in [0.15, 0.2) is 52.8 Å². The molecule has 0 amide bonds. The molecule has 3 aliphatic heterocycles. The predicted octanol–water partition coefficient (Wildman–Crippen LogP) is 1.75. The molecule has 5 nitrogen and oxygen atoms in total. The van der Waals surface area contributed by atoms with Crippen molar-refractivity contribution in [2.24, 2.45) is 0 Å². The molecule has 1 saturated heterocycles. The van der Waals surface area contributed by atoms with E-state index in [1.807, 2.05) is 36.4 Å². The van der Waals surface area contributed by atoms with Gasteiger partial charge in [-0.15, -0.1) is 0 Å². The number of fused-ring (bicyclic) bond motifs is 7. The Morgan fingerprint density at radius 2 is 2.04 bits per heavy atom.